The van der Waals surface area contributed by atoms with Gasteiger partial charge >= 0.3 is 0 Å². The lowest BCUT2D eigenvalue weighted by atomic mass is 10.0. The molecule has 0 aliphatic carbocycles. The van der Waals surface area contributed by atoms with Crippen molar-refractivity contribution in [3.05, 3.63) is 101 Å². The van der Waals surface area contributed by atoms with E-state index in [4.69, 9.17) is 9.47 Å². The molecule has 0 spiro atoms. The van der Waals surface area contributed by atoms with E-state index in [1.165, 1.54) is 11.3 Å². The molecule has 2 amide bonds. The molecule has 1 atom stereocenters. The molecule has 1 fully saturated rings. The van der Waals surface area contributed by atoms with Crippen LogP contribution < -0.4 is 15.4 Å². The maximum Gasteiger partial charge on any atom is 0.282 e. The molecule has 10 heteroatoms. The van der Waals surface area contributed by atoms with Crippen LogP contribution in [0.4, 0.5) is 0 Å². The summed E-state index contributed by atoms with van der Waals surface area (Å²) in [7, 11) is 0. The van der Waals surface area contributed by atoms with Gasteiger partial charge in [-0.25, -0.2) is 0 Å². The Labute approximate surface area is 243 Å². The number of benzene rings is 3. The molecule has 1 aromatic heterocycles. The quantitative estimate of drug-likeness (QED) is 0.267. The van der Waals surface area contributed by atoms with Crippen LogP contribution in [-0.4, -0.2) is 79.0 Å². The Bertz CT molecular complexity index is 1390. The number of hydrogen-bond donors (Lipinski definition) is 2. The van der Waals surface area contributed by atoms with Crippen molar-refractivity contribution in [2.24, 2.45) is 0 Å². The summed E-state index contributed by atoms with van der Waals surface area (Å²) in [6, 6.07) is 27.2. The van der Waals surface area contributed by atoms with Gasteiger partial charge in [0.15, 0.2) is 0 Å². The van der Waals surface area contributed by atoms with Crippen molar-refractivity contribution in [3.8, 4) is 16.9 Å². The standard InChI is InChI=1S/C31H33N5O4S/c37-29(25-13-11-24(12-14-25)23-7-3-1-4-8-23)32-16-15-28-34-35-31(41-28)30(38)33-21-26(36-17-19-39-20-18-36)22-40-27-9-5-2-6-10-27/h1-14,26H,15-22H2,(H,32,37)(H,33,38). The molecule has 2 N–H and O–H groups in total. The molecule has 1 unspecified atom stereocenters. The van der Waals surface area contributed by atoms with Gasteiger partial charge in [0.1, 0.15) is 17.4 Å². The van der Waals surface area contributed by atoms with Crippen LogP contribution in [-0.2, 0) is 11.2 Å². The van der Waals surface area contributed by atoms with E-state index in [1.54, 1.807) is 0 Å². The lowest BCUT2D eigenvalue weighted by Crippen LogP contribution is -2.51. The number of nitrogens with one attached hydrogen (secondary N) is 2. The van der Waals surface area contributed by atoms with Crippen LogP contribution in [0.1, 0.15) is 25.2 Å². The summed E-state index contributed by atoms with van der Waals surface area (Å²) >= 11 is 1.24. The highest BCUT2D eigenvalue weighted by atomic mass is 32.1. The van der Waals surface area contributed by atoms with Crippen molar-refractivity contribution < 1.29 is 19.1 Å². The zero-order chi connectivity index (χ0) is 28.3. The van der Waals surface area contributed by atoms with E-state index < -0.39 is 0 Å². The fourth-order valence-electron chi connectivity index (χ4n) is 4.51. The molecule has 0 bridgehead atoms. The number of amides is 2. The van der Waals surface area contributed by atoms with Gasteiger partial charge in [-0.2, -0.15) is 0 Å². The molecule has 212 valence electrons. The summed E-state index contributed by atoms with van der Waals surface area (Å²) < 4.78 is 11.5. The summed E-state index contributed by atoms with van der Waals surface area (Å²) in [4.78, 5) is 27.7. The first-order valence-corrected chi connectivity index (χ1v) is 14.5. The Morgan fingerprint density at radius 1 is 0.854 bits per heavy atom. The highest BCUT2D eigenvalue weighted by molar-refractivity contribution is 7.13. The Balaban J connectivity index is 1.08. The molecule has 5 rings (SSSR count). The summed E-state index contributed by atoms with van der Waals surface area (Å²) in [6.07, 6.45) is 0.486. The number of nitrogens with zero attached hydrogens (tertiary/aromatic N) is 3. The minimum absolute atomic E-state index is 0.00702. The molecule has 3 aromatic carbocycles. The topological polar surface area (TPSA) is 106 Å². The van der Waals surface area contributed by atoms with Crippen LogP contribution in [0.25, 0.3) is 11.1 Å². The third-order valence-corrected chi connectivity index (χ3v) is 7.77. The Hall–Kier alpha value is -4.12. The third-order valence-electron chi connectivity index (χ3n) is 6.79. The van der Waals surface area contributed by atoms with E-state index in [2.05, 4.69) is 25.7 Å². The molecular weight excluding hydrogens is 538 g/mol. The van der Waals surface area contributed by atoms with Crippen molar-refractivity contribution in [2.75, 3.05) is 46.0 Å². The van der Waals surface area contributed by atoms with Crippen LogP contribution >= 0.6 is 11.3 Å². The average molecular weight is 572 g/mol. The van der Waals surface area contributed by atoms with Gasteiger partial charge in [-0.15, -0.1) is 10.2 Å². The van der Waals surface area contributed by atoms with Crippen molar-refractivity contribution in [1.29, 1.82) is 0 Å². The fourth-order valence-corrected chi connectivity index (χ4v) is 5.26. The summed E-state index contributed by atoms with van der Waals surface area (Å²) in [5.74, 6) is 0.371. The number of hydrogen-bond acceptors (Lipinski definition) is 8. The van der Waals surface area contributed by atoms with Crippen molar-refractivity contribution >= 4 is 23.2 Å². The molecule has 1 aliphatic heterocycles. The minimum atomic E-state index is -0.269. The molecule has 41 heavy (non-hydrogen) atoms. The second-order valence-electron chi connectivity index (χ2n) is 9.59. The predicted molar refractivity (Wildman–Crippen MR) is 158 cm³/mol. The van der Waals surface area contributed by atoms with Crippen LogP contribution in [0, 0.1) is 0 Å². The van der Waals surface area contributed by atoms with E-state index in [-0.39, 0.29) is 17.9 Å². The maximum atomic E-state index is 12.9. The molecule has 1 aliphatic rings. The fraction of sp³-hybridized carbons (Fsp3) is 0.290. The van der Waals surface area contributed by atoms with E-state index in [1.807, 2.05) is 84.9 Å². The number of morpholine rings is 1. The molecule has 1 saturated heterocycles. The second kappa shape index (κ2) is 14.5. The number of carbonyl (C=O) groups excluding carboxylic acids is 2. The highest BCUT2D eigenvalue weighted by Gasteiger charge is 2.23. The Morgan fingerprint density at radius 2 is 1.54 bits per heavy atom. The zero-order valence-corrected chi connectivity index (χ0v) is 23.5. The van der Waals surface area contributed by atoms with Crippen molar-refractivity contribution in [2.45, 2.75) is 12.5 Å². The van der Waals surface area contributed by atoms with Crippen LogP contribution in [0.15, 0.2) is 84.9 Å². The number of rotatable bonds is 12. The predicted octanol–water partition coefficient (Wildman–Crippen LogP) is 3.69. The van der Waals surface area contributed by atoms with Crippen molar-refractivity contribution in [3.63, 3.8) is 0 Å². The number of para-hydroxylation sites is 1. The monoisotopic (exact) mass is 571 g/mol. The SMILES string of the molecule is O=C(NCCc1nnc(C(=O)NCC(COc2ccccc2)N2CCOCC2)s1)c1ccc(-c2ccccc2)cc1. The molecule has 9 nitrogen and oxygen atoms in total. The minimum Gasteiger partial charge on any atom is -0.492 e. The summed E-state index contributed by atoms with van der Waals surface area (Å²) in [6.45, 7) is 4.14. The zero-order valence-electron chi connectivity index (χ0n) is 22.7. The molecule has 2 heterocycles. The van der Waals surface area contributed by atoms with Gasteiger partial charge in [0.25, 0.3) is 11.8 Å². The van der Waals surface area contributed by atoms with Crippen LogP contribution in [0.3, 0.4) is 0 Å². The van der Waals surface area contributed by atoms with Gasteiger partial charge in [-0.05, 0) is 35.4 Å². The van der Waals surface area contributed by atoms with Crippen molar-refractivity contribution in [1.82, 2.24) is 25.7 Å². The summed E-state index contributed by atoms with van der Waals surface area (Å²) in [5.41, 5.74) is 2.75. The van der Waals surface area contributed by atoms with Gasteiger partial charge in [0.2, 0.25) is 5.01 Å². The van der Waals surface area contributed by atoms with Gasteiger partial charge in [0, 0.05) is 38.2 Å². The number of aromatic nitrogens is 2. The highest BCUT2D eigenvalue weighted by Crippen LogP contribution is 2.19. The largest absolute Gasteiger partial charge is 0.492 e. The van der Waals surface area contributed by atoms with E-state index >= 15 is 0 Å². The number of ether oxygens (including phenoxy) is 2. The van der Waals surface area contributed by atoms with E-state index in [0.717, 1.165) is 30.0 Å². The summed E-state index contributed by atoms with van der Waals surface area (Å²) in [5, 5.41) is 15.1. The molecule has 0 saturated carbocycles. The van der Waals surface area contributed by atoms with Gasteiger partial charge in [-0.3, -0.25) is 14.5 Å². The average Bonchev–Trinajstić information content (AvgIpc) is 3.51. The van der Waals surface area contributed by atoms with E-state index in [9.17, 15) is 9.59 Å². The molecule has 0 radical (unpaired) electrons. The number of carbonyl (C=O) groups is 2. The maximum absolute atomic E-state index is 12.9. The normalized spacial score (nSPS) is 14.2. The molecule has 4 aromatic rings. The van der Waals surface area contributed by atoms with Crippen LogP contribution in [0.5, 0.6) is 5.75 Å². The first-order chi connectivity index (χ1) is 20.2. The lowest BCUT2D eigenvalue weighted by molar-refractivity contribution is 0.00643. The van der Waals surface area contributed by atoms with Gasteiger partial charge < -0.3 is 20.1 Å². The van der Waals surface area contributed by atoms with Gasteiger partial charge in [0.05, 0.1) is 19.3 Å². The Kier molecular flexibility index (Phi) is 10.0. The first-order valence-electron chi connectivity index (χ1n) is 13.7. The lowest BCUT2D eigenvalue weighted by Gasteiger charge is -2.34. The third kappa shape index (κ3) is 8.20. The second-order valence-corrected chi connectivity index (χ2v) is 10.6. The van der Waals surface area contributed by atoms with Crippen LogP contribution in [0.2, 0.25) is 0 Å². The Morgan fingerprint density at radius 3 is 2.27 bits per heavy atom. The van der Waals surface area contributed by atoms with Gasteiger partial charge in [-0.1, -0.05) is 72.0 Å². The smallest absolute Gasteiger partial charge is 0.282 e. The first kappa shape index (κ1) is 28.4. The van der Waals surface area contributed by atoms with E-state index in [0.29, 0.717) is 54.9 Å². The molecular formula is C31H33N5O4S.